The van der Waals surface area contributed by atoms with Crippen LogP contribution in [0.1, 0.15) is 0 Å². The van der Waals surface area contributed by atoms with Gasteiger partial charge < -0.3 is 13.6 Å². The lowest BCUT2D eigenvalue weighted by atomic mass is 9.98. The Morgan fingerprint density at radius 1 is 0.451 bits per heavy atom. The molecule has 0 bridgehead atoms. The topological polar surface area (TPSA) is 74.6 Å². The minimum Gasteiger partial charge on any atom is -0.435 e. The minimum absolute atomic E-state index is 0.429. The summed E-state index contributed by atoms with van der Waals surface area (Å²) in [5.74, 6) is 0. The molecule has 7 nitrogen and oxygen atoms in total. The highest BCUT2D eigenvalue weighted by Gasteiger charge is 2.22. The summed E-state index contributed by atoms with van der Waals surface area (Å²) in [6.07, 6.45) is 3.66. The summed E-state index contributed by atoms with van der Waals surface area (Å²) in [6.45, 7) is 0. The van der Waals surface area contributed by atoms with Crippen LogP contribution in [0.3, 0.4) is 0 Å². The van der Waals surface area contributed by atoms with Gasteiger partial charge in [0.05, 0.1) is 33.6 Å². The van der Waals surface area contributed by atoms with Crippen molar-refractivity contribution in [3.63, 3.8) is 0 Å². The van der Waals surface area contributed by atoms with E-state index < -0.39 is 0 Å². The molecule has 238 valence electrons. The molecule has 0 spiro atoms. The molecule has 51 heavy (non-hydrogen) atoms. The fraction of sp³-hybridized carbons (Fsp3) is 0. The first-order chi connectivity index (χ1) is 25.3. The number of benzene rings is 6. The summed E-state index contributed by atoms with van der Waals surface area (Å²) in [5, 5.41) is 19.6. The molecule has 0 aliphatic carbocycles. The van der Waals surface area contributed by atoms with Crippen molar-refractivity contribution in [2.24, 2.45) is 0 Å². The highest BCUT2D eigenvalue weighted by molar-refractivity contribution is 6.18. The van der Waals surface area contributed by atoms with Crippen LogP contribution >= 0.6 is 0 Å². The largest absolute Gasteiger partial charge is 0.435 e. The maximum Gasteiger partial charge on any atom is 0.251 e. The fourth-order valence-electron chi connectivity index (χ4n) is 7.88. The molecule has 0 atom stereocenters. The Kier molecular flexibility index (Phi) is 5.83. The predicted molar refractivity (Wildman–Crippen MR) is 204 cm³/mol. The number of hydrogen-bond donors (Lipinski definition) is 0. The Morgan fingerprint density at radius 2 is 1.00 bits per heavy atom. The van der Waals surface area contributed by atoms with Crippen LogP contribution in [0.5, 0.6) is 0 Å². The van der Waals surface area contributed by atoms with Crippen molar-refractivity contribution in [2.45, 2.75) is 0 Å². The molecular formula is C44H26N6O. The molecule has 0 unspecified atom stereocenters. The molecule has 0 aliphatic rings. The quantitative estimate of drug-likeness (QED) is 0.189. The van der Waals surface area contributed by atoms with E-state index >= 15 is 0 Å². The lowest BCUT2D eigenvalue weighted by Crippen LogP contribution is -1.94. The molecule has 0 saturated heterocycles. The van der Waals surface area contributed by atoms with Gasteiger partial charge in [-0.1, -0.05) is 90.0 Å². The summed E-state index contributed by atoms with van der Waals surface area (Å²) in [5.41, 5.74) is 11.5. The first-order valence-electron chi connectivity index (χ1n) is 16.9. The summed E-state index contributed by atoms with van der Waals surface area (Å²) in [6, 6.07) is 51.2. The van der Waals surface area contributed by atoms with Crippen molar-refractivity contribution >= 4 is 65.7 Å². The first kappa shape index (κ1) is 27.8. The van der Waals surface area contributed by atoms with Gasteiger partial charge in [-0.25, -0.2) is 0 Å². The third kappa shape index (κ3) is 4.06. The maximum absolute atomic E-state index is 6.33. The highest BCUT2D eigenvalue weighted by atomic mass is 16.3. The van der Waals surface area contributed by atoms with Crippen molar-refractivity contribution in [3.8, 4) is 33.8 Å². The summed E-state index contributed by atoms with van der Waals surface area (Å²) in [7, 11) is 0. The molecule has 0 amide bonds. The van der Waals surface area contributed by atoms with Crippen LogP contribution in [-0.4, -0.2) is 29.5 Å². The van der Waals surface area contributed by atoms with Gasteiger partial charge in [0.15, 0.2) is 5.58 Å². The number of hydrogen-bond acceptors (Lipinski definition) is 5. The van der Waals surface area contributed by atoms with Crippen LogP contribution in [0.2, 0.25) is 0 Å². The second kappa shape index (κ2) is 10.7. The molecule has 0 N–H and O–H groups in total. The molecule has 0 aliphatic heterocycles. The molecule has 0 saturated carbocycles. The number of rotatable bonds is 4. The van der Waals surface area contributed by atoms with E-state index in [1.165, 1.54) is 10.8 Å². The maximum atomic E-state index is 6.33. The molecule has 5 heterocycles. The average molecular weight is 655 g/mol. The van der Waals surface area contributed by atoms with Crippen LogP contribution in [0, 0.1) is 0 Å². The zero-order valence-corrected chi connectivity index (χ0v) is 27.1. The van der Waals surface area contributed by atoms with Gasteiger partial charge in [-0.05, 0) is 71.4 Å². The summed E-state index contributed by atoms with van der Waals surface area (Å²) < 4.78 is 11.0. The van der Waals surface area contributed by atoms with Crippen LogP contribution in [0.4, 0.5) is 0 Å². The van der Waals surface area contributed by atoms with Gasteiger partial charge >= 0.3 is 0 Å². The zero-order chi connectivity index (χ0) is 33.5. The number of fused-ring (bicyclic) bond motifs is 9. The molecular weight excluding hydrogens is 629 g/mol. The van der Waals surface area contributed by atoms with Crippen LogP contribution < -0.4 is 0 Å². The van der Waals surface area contributed by atoms with Crippen molar-refractivity contribution in [2.75, 3.05) is 0 Å². The molecule has 0 fully saturated rings. The lowest BCUT2D eigenvalue weighted by Gasteiger charge is -2.09. The molecule has 5 aromatic heterocycles. The highest BCUT2D eigenvalue weighted by Crippen LogP contribution is 2.42. The predicted octanol–water partition coefficient (Wildman–Crippen LogP) is 10.7. The van der Waals surface area contributed by atoms with Gasteiger partial charge in [0.1, 0.15) is 5.69 Å². The number of para-hydroxylation sites is 4. The van der Waals surface area contributed by atoms with E-state index in [4.69, 9.17) is 4.42 Å². The van der Waals surface area contributed by atoms with Crippen molar-refractivity contribution in [1.82, 2.24) is 29.5 Å². The third-order valence-corrected chi connectivity index (χ3v) is 10.1. The van der Waals surface area contributed by atoms with E-state index in [1.54, 1.807) is 6.20 Å². The Bertz CT molecular complexity index is 2930. The standard InChI is InChI=1S/C44H26N6O/c1-3-11-29(12-4-1)49-36-17-9-7-15-31(36)33-23-27(19-21-38(33)49)35-25-45-26-40-41(35)42-43(46-48-47-44(42)51-40)28-20-22-39-34(24-28)32-16-8-10-18-37(32)50(39)30-13-5-2-6-14-30/h1-26H. The molecule has 11 aromatic rings. The Labute approximate surface area is 290 Å². The van der Waals surface area contributed by atoms with Gasteiger partial charge in [0.2, 0.25) is 0 Å². The SMILES string of the molecule is c1ccc(-n2c3ccccc3c3cc(-c4cncc5oc6nnnc(-c7ccc8c(c7)c7ccccc7n8-c7ccccc7)c6c45)ccc32)cc1. The van der Waals surface area contributed by atoms with Gasteiger partial charge in [0.25, 0.3) is 5.71 Å². The van der Waals surface area contributed by atoms with E-state index in [2.05, 4.69) is 163 Å². The number of nitrogens with zero attached hydrogens (tertiary/aromatic N) is 6. The van der Waals surface area contributed by atoms with E-state index in [9.17, 15) is 0 Å². The van der Waals surface area contributed by atoms with Crippen molar-refractivity contribution in [3.05, 3.63) is 158 Å². The van der Waals surface area contributed by atoms with Gasteiger partial charge in [-0.3, -0.25) is 4.98 Å². The van der Waals surface area contributed by atoms with E-state index in [0.29, 0.717) is 17.0 Å². The first-order valence-corrected chi connectivity index (χ1v) is 16.9. The van der Waals surface area contributed by atoms with Crippen molar-refractivity contribution < 1.29 is 4.42 Å². The van der Waals surface area contributed by atoms with E-state index in [-0.39, 0.29) is 0 Å². The Balaban J connectivity index is 1.15. The molecule has 6 aromatic carbocycles. The average Bonchev–Trinajstić information content (AvgIpc) is 3.86. The smallest absolute Gasteiger partial charge is 0.251 e. The van der Waals surface area contributed by atoms with E-state index in [0.717, 1.165) is 71.7 Å². The number of aromatic nitrogens is 6. The Hall–Kier alpha value is -7.12. The van der Waals surface area contributed by atoms with Gasteiger partial charge in [0, 0.05) is 55.6 Å². The third-order valence-electron chi connectivity index (χ3n) is 10.1. The molecule has 0 radical (unpaired) electrons. The van der Waals surface area contributed by atoms with Crippen LogP contribution in [0.25, 0.3) is 99.4 Å². The minimum atomic E-state index is 0.429. The second-order valence-corrected chi connectivity index (χ2v) is 12.8. The molecule has 7 heteroatoms. The van der Waals surface area contributed by atoms with Gasteiger partial charge in [-0.2, -0.15) is 0 Å². The monoisotopic (exact) mass is 654 g/mol. The van der Waals surface area contributed by atoms with Crippen LogP contribution in [-0.2, 0) is 0 Å². The van der Waals surface area contributed by atoms with Crippen LogP contribution in [0.15, 0.2) is 162 Å². The fourth-order valence-corrected chi connectivity index (χ4v) is 7.88. The summed E-state index contributed by atoms with van der Waals surface area (Å²) >= 11 is 0. The number of pyridine rings is 1. The summed E-state index contributed by atoms with van der Waals surface area (Å²) in [4.78, 5) is 4.62. The Morgan fingerprint density at radius 3 is 1.65 bits per heavy atom. The second-order valence-electron chi connectivity index (χ2n) is 12.8. The van der Waals surface area contributed by atoms with E-state index in [1.807, 2.05) is 18.3 Å². The van der Waals surface area contributed by atoms with Gasteiger partial charge in [-0.15, -0.1) is 5.10 Å². The zero-order valence-electron chi connectivity index (χ0n) is 27.1. The van der Waals surface area contributed by atoms with Crippen molar-refractivity contribution in [1.29, 1.82) is 0 Å². The number of furan rings is 1. The normalized spacial score (nSPS) is 11.9. The molecule has 11 rings (SSSR count). The lowest BCUT2D eigenvalue weighted by molar-refractivity contribution is 0.637.